The first-order chi connectivity index (χ1) is 12.7. The highest BCUT2D eigenvalue weighted by atomic mass is 19.1. The maximum Gasteiger partial charge on any atom is 0.274 e. The van der Waals surface area contributed by atoms with Crippen molar-refractivity contribution in [1.29, 1.82) is 0 Å². The van der Waals surface area contributed by atoms with Crippen LogP contribution in [0.2, 0.25) is 0 Å². The maximum atomic E-state index is 14.6. The van der Waals surface area contributed by atoms with Gasteiger partial charge in [0.1, 0.15) is 12.0 Å². The average Bonchev–Trinajstić information content (AvgIpc) is 3.08. The molecule has 3 fully saturated rings. The summed E-state index contributed by atoms with van der Waals surface area (Å²) < 4.78 is 16.4. The summed E-state index contributed by atoms with van der Waals surface area (Å²) in [6, 6.07) is 0.466. The van der Waals surface area contributed by atoms with Crippen LogP contribution in [-0.4, -0.2) is 60.9 Å². The number of hydrogen-bond acceptors (Lipinski definition) is 6. The lowest BCUT2D eigenvalue weighted by atomic mass is 10.2. The molecule has 1 saturated carbocycles. The van der Waals surface area contributed by atoms with Crippen LogP contribution >= 0.6 is 0 Å². The fraction of sp³-hybridized carbons (Fsp3) is 0.588. The number of aromatic nitrogens is 5. The number of piperazine rings is 1. The monoisotopic (exact) mass is 357 g/mol. The molecule has 0 aromatic carbocycles. The van der Waals surface area contributed by atoms with Crippen molar-refractivity contribution >= 4 is 11.7 Å². The minimum Gasteiger partial charge on any atom is -0.347 e. The van der Waals surface area contributed by atoms with Crippen LogP contribution in [-0.2, 0) is 6.42 Å². The second-order valence-corrected chi connectivity index (χ2v) is 7.26. The predicted octanol–water partition coefficient (Wildman–Crippen LogP) is 1.21. The van der Waals surface area contributed by atoms with Gasteiger partial charge in [-0.3, -0.25) is 4.79 Å². The van der Waals surface area contributed by atoms with Crippen molar-refractivity contribution in [2.75, 3.05) is 18.0 Å². The first kappa shape index (κ1) is 15.7. The van der Waals surface area contributed by atoms with Crippen LogP contribution in [0.4, 0.5) is 10.2 Å². The molecule has 26 heavy (non-hydrogen) atoms. The standard InChI is InChI=1S/C17H20FN7O/c1-2-13-15(18)16(20-9-19-13)23-7-12-5-11(23)8-24(12)17(26)14-6-21-22-25(14)10-3-4-10/h6,9-12H,2-5,7-8H2,1H3/t11-,12-/m0/s1. The quantitative estimate of drug-likeness (QED) is 0.818. The van der Waals surface area contributed by atoms with E-state index in [1.54, 1.807) is 10.9 Å². The molecule has 0 spiro atoms. The molecule has 5 rings (SSSR count). The number of nitrogens with zero attached hydrogens (tertiary/aromatic N) is 7. The number of halogens is 1. The molecule has 1 aliphatic carbocycles. The Bertz CT molecular complexity index is 865. The molecule has 0 radical (unpaired) electrons. The van der Waals surface area contributed by atoms with Crippen molar-refractivity contribution in [1.82, 2.24) is 29.9 Å². The normalized spacial score (nSPS) is 24.5. The topological polar surface area (TPSA) is 80.0 Å². The summed E-state index contributed by atoms with van der Waals surface area (Å²) in [7, 11) is 0. The van der Waals surface area contributed by atoms with Crippen molar-refractivity contribution in [2.45, 2.75) is 50.7 Å². The highest BCUT2D eigenvalue weighted by molar-refractivity contribution is 5.93. The third kappa shape index (κ3) is 2.29. The van der Waals surface area contributed by atoms with E-state index in [1.807, 2.05) is 16.7 Å². The number of hydrogen-bond donors (Lipinski definition) is 0. The summed E-state index contributed by atoms with van der Waals surface area (Å²) in [6.45, 7) is 3.05. The Morgan fingerprint density at radius 2 is 2.08 bits per heavy atom. The lowest BCUT2D eigenvalue weighted by Gasteiger charge is -2.35. The van der Waals surface area contributed by atoms with Gasteiger partial charge in [-0.05, 0) is 25.7 Å². The van der Waals surface area contributed by atoms with Crippen LogP contribution in [0.1, 0.15) is 48.4 Å². The highest BCUT2D eigenvalue weighted by Gasteiger charge is 2.47. The Hall–Kier alpha value is -2.58. The second-order valence-electron chi connectivity index (χ2n) is 7.26. The number of carbonyl (C=O) groups excluding carboxylic acids is 1. The van der Waals surface area contributed by atoms with Gasteiger partial charge >= 0.3 is 0 Å². The molecule has 2 bridgehead atoms. The van der Waals surface area contributed by atoms with Crippen molar-refractivity contribution in [2.24, 2.45) is 0 Å². The third-order valence-electron chi connectivity index (χ3n) is 5.64. The van der Waals surface area contributed by atoms with Gasteiger partial charge in [0.25, 0.3) is 5.91 Å². The Morgan fingerprint density at radius 3 is 2.77 bits per heavy atom. The molecule has 2 saturated heterocycles. The molecule has 3 aliphatic rings. The zero-order valence-electron chi connectivity index (χ0n) is 14.5. The summed E-state index contributed by atoms with van der Waals surface area (Å²) in [4.78, 5) is 25.0. The zero-order valence-corrected chi connectivity index (χ0v) is 14.5. The van der Waals surface area contributed by atoms with Crippen LogP contribution in [0.25, 0.3) is 0 Å². The fourth-order valence-electron chi connectivity index (χ4n) is 4.15. The van der Waals surface area contributed by atoms with Crippen molar-refractivity contribution in [3.63, 3.8) is 0 Å². The average molecular weight is 357 g/mol. The van der Waals surface area contributed by atoms with E-state index in [0.29, 0.717) is 42.8 Å². The Kier molecular flexibility index (Phi) is 3.44. The molecule has 2 aromatic rings. The SMILES string of the molecule is CCc1ncnc(N2C[C@@H]3C[C@H]2CN3C(=O)c2cnnn2C2CC2)c1F. The molecule has 0 N–H and O–H groups in total. The van der Waals surface area contributed by atoms with Gasteiger partial charge in [-0.1, -0.05) is 12.1 Å². The van der Waals surface area contributed by atoms with E-state index in [4.69, 9.17) is 0 Å². The van der Waals surface area contributed by atoms with E-state index in [2.05, 4.69) is 20.3 Å². The lowest BCUT2D eigenvalue weighted by Crippen LogP contribution is -2.49. The van der Waals surface area contributed by atoms with Gasteiger partial charge < -0.3 is 9.80 Å². The van der Waals surface area contributed by atoms with E-state index in [-0.39, 0.29) is 23.8 Å². The zero-order chi connectivity index (χ0) is 17.8. The molecule has 2 aromatic heterocycles. The Balaban J connectivity index is 1.36. The van der Waals surface area contributed by atoms with E-state index in [0.717, 1.165) is 19.3 Å². The molecule has 1 amide bonds. The lowest BCUT2D eigenvalue weighted by molar-refractivity contribution is 0.0712. The molecule has 2 aliphatic heterocycles. The van der Waals surface area contributed by atoms with Crippen LogP contribution in [0.15, 0.2) is 12.5 Å². The largest absolute Gasteiger partial charge is 0.347 e. The number of anilines is 1. The molecular formula is C17H20FN7O. The van der Waals surface area contributed by atoms with Gasteiger partial charge in [-0.25, -0.2) is 19.0 Å². The van der Waals surface area contributed by atoms with Gasteiger partial charge in [0.2, 0.25) is 0 Å². The number of likely N-dealkylation sites (tertiary alicyclic amines) is 1. The van der Waals surface area contributed by atoms with Gasteiger partial charge in [0, 0.05) is 13.1 Å². The van der Waals surface area contributed by atoms with Crippen molar-refractivity contribution in [3.05, 3.63) is 29.7 Å². The molecule has 0 unspecified atom stereocenters. The van der Waals surface area contributed by atoms with Crippen molar-refractivity contribution < 1.29 is 9.18 Å². The highest BCUT2D eigenvalue weighted by Crippen LogP contribution is 2.38. The molecule has 2 atom stereocenters. The minimum absolute atomic E-state index is 0.0218. The van der Waals surface area contributed by atoms with E-state index < -0.39 is 0 Å². The van der Waals surface area contributed by atoms with E-state index >= 15 is 0 Å². The first-order valence-corrected chi connectivity index (χ1v) is 9.14. The Morgan fingerprint density at radius 1 is 1.23 bits per heavy atom. The number of aryl methyl sites for hydroxylation is 1. The third-order valence-corrected chi connectivity index (χ3v) is 5.64. The molecule has 8 nitrogen and oxygen atoms in total. The summed E-state index contributed by atoms with van der Waals surface area (Å²) in [5, 5.41) is 7.99. The summed E-state index contributed by atoms with van der Waals surface area (Å²) in [6.07, 6.45) is 6.45. The number of carbonyl (C=O) groups is 1. The second kappa shape index (κ2) is 5.72. The van der Waals surface area contributed by atoms with Crippen LogP contribution in [0, 0.1) is 5.82 Å². The van der Waals surface area contributed by atoms with E-state index in [1.165, 1.54) is 6.33 Å². The summed E-state index contributed by atoms with van der Waals surface area (Å²) >= 11 is 0. The van der Waals surface area contributed by atoms with Gasteiger partial charge in [0.15, 0.2) is 11.6 Å². The number of fused-ring (bicyclic) bond motifs is 2. The van der Waals surface area contributed by atoms with E-state index in [9.17, 15) is 9.18 Å². The van der Waals surface area contributed by atoms with Gasteiger partial charge in [0.05, 0.1) is 30.0 Å². The maximum absolute atomic E-state index is 14.6. The molecule has 136 valence electrons. The molecule has 9 heteroatoms. The molecular weight excluding hydrogens is 337 g/mol. The Labute approximate surface area is 150 Å². The first-order valence-electron chi connectivity index (χ1n) is 9.14. The minimum atomic E-state index is -0.337. The van der Waals surface area contributed by atoms with Gasteiger partial charge in [-0.15, -0.1) is 5.10 Å². The predicted molar refractivity (Wildman–Crippen MR) is 90.2 cm³/mol. The van der Waals surface area contributed by atoms with Crippen molar-refractivity contribution in [3.8, 4) is 0 Å². The summed E-state index contributed by atoms with van der Waals surface area (Å²) in [5.74, 6) is 0.00373. The van der Waals surface area contributed by atoms with Crippen LogP contribution < -0.4 is 4.90 Å². The summed E-state index contributed by atoms with van der Waals surface area (Å²) in [5.41, 5.74) is 0.998. The van der Waals surface area contributed by atoms with Crippen LogP contribution in [0.5, 0.6) is 0 Å². The van der Waals surface area contributed by atoms with Gasteiger partial charge in [-0.2, -0.15) is 0 Å². The smallest absolute Gasteiger partial charge is 0.274 e. The molecule has 4 heterocycles. The fourth-order valence-corrected chi connectivity index (χ4v) is 4.15. The number of amides is 1. The number of rotatable bonds is 4. The van der Waals surface area contributed by atoms with Crippen LogP contribution in [0.3, 0.4) is 0 Å².